The lowest BCUT2D eigenvalue weighted by molar-refractivity contribution is -0.135. The molecule has 0 aliphatic carbocycles. The third kappa shape index (κ3) is 33.7. The number of rotatable bonds is 29. The fraction of sp³-hybridized carbons (Fsp3) is 1.00. The summed E-state index contributed by atoms with van der Waals surface area (Å²) in [5.74, 6) is 0. The van der Waals surface area contributed by atoms with Crippen LogP contribution in [0.1, 0.15) is 186 Å². The second-order valence-corrected chi connectivity index (χ2v) is 11.0. The van der Waals surface area contributed by atoms with Crippen LogP contribution in [0, 0.1) is 0 Å². The zero-order valence-corrected chi connectivity index (χ0v) is 23.2. The summed E-state index contributed by atoms with van der Waals surface area (Å²) in [5.41, 5.74) is 0. The van der Waals surface area contributed by atoms with Gasteiger partial charge in [-0.1, -0.05) is 167 Å². The van der Waals surface area contributed by atoms with Crippen LogP contribution in [0.4, 0.5) is 17.6 Å². The van der Waals surface area contributed by atoms with Gasteiger partial charge in [0, 0.05) is 6.42 Å². The van der Waals surface area contributed by atoms with Crippen molar-refractivity contribution in [1.29, 1.82) is 0 Å². The van der Waals surface area contributed by atoms with Crippen LogP contribution < -0.4 is 0 Å². The molecule has 0 rings (SSSR count). The van der Waals surface area contributed by atoms with Gasteiger partial charge in [0.05, 0.1) is 6.67 Å². The summed E-state index contributed by atoms with van der Waals surface area (Å²) in [7, 11) is 0. The van der Waals surface area contributed by atoms with Crippen LogP contribution in [0.25, 0.3) is 0 Å². The highest BCUT2D eigenvalue weighted by Gasteiger charge is 2.25. The van der Waals surface area contributed by atoms with E-state index in [1.807, 2.05) is 0 Å². The molecule has 0 unspecified atom stereocenters. The summed E-state index contributed by atoms with van der Waals surface area (Å²) < 4.78 is 48.2. The Morgan fingerprint density at radius 1 is 0.257 bits per heavy atom. The van der Waals surface area contributed by atoms with E-state index in [-0.39, 0.29) is 6.67 Å². The molecule has 0 nitrogen and oxygen atoms in total. The van der Waals surface area contributed by atoms with Gasteiger partial charge in [-0.3, -0.25) is 4.39 Å². The molecule has 0 aliphatic rings. The Morgan fingerprint density at radius 2 is 0.429 bits per heavy atom. The van der Waals surface area contributed by atoms with E-state index >= 15 is 0 Å². The Labute approximate surface area is 216 Å². The average Bonchev–Trinajstić information content (AvgIpc) is 2.82. The van der Waals surface area contributed by atoms with Gasteiger partial charge in [0.25, 0.3) is 0 Å². The van der Waals surface area contributed by atoms with Crippen LogP contribution in [0.5, 0.6) is 0 Å². The largest absolute Gasteiger partial charge is 0.389 e. The molecule has 0 aliphatic heterocycles. The molecule has 0 saturated heterocycles. The van der Waals surface area contributed by atoms with Gasteiger partial charge in [0.2, 0.25) is 0 Å². The normalized spacial score (nSPS) is 12.0. The summed E-state index contributed by atoms with van der Waals surface area (Å²) >= 11 is 0. The first-order valence-corrected chi connectivity index (χ1v) is 15.7. The first-order chi connectivity index (χ1) is 17.1. The predicted octanol–water partition coefficient (Wildman–Crippen LogP) is 12.8. The molecule has 0 bridgehead atoms. The summed E-state index contributed by atoms with van der Waals surface area (Å²) in [6.07, 6.45) is 30.2. The van der Waals surface area contributed by atoms with Gasteiger partial charge in [0.1, 0.15) is 0 Å². The van der Waals surface area contributed by atoms with Crippen molar-refractivity contribution in [3.63, 3.8) is 0 Å². The van der Waals surface area contributed by atoms with Gasteiger partial charge < -0.3 is 0 Å². The molecule has 0 N–H and O–H groups in total. The quantitative estimate of drug-likeness (QED) is 0.0696. The van der Waals surface area contributed by atoms with E-state index in [9.17, 15) is 17.6 Å². The van der Waals surface area contributed by atoms with Crippen LogP contribution >= 0.6 is 0 Å². The van der Waals surface area contributed by atoms with Crippen molar-refractivity contribution in [1.82, 2.24) is 0 Å². The summed E-state index contributed by atoms with van der Waals surface area (Å²) in [6, 6.07) is 0. The maximum Gasteiger partial charge on any atom is 0.389 e. The van der Waals surface area contributed by atoms with Crippen LogP contribution in [-0.4, -0.2) is 12.9 Å². The van der Waals surface area contributed by atoms with E-state index in [1.165, 1.54) is 141 Å². The summed E-state index contributed by atoms with van der Waals surface area (Å²) in [5, 5.41) is 0. The molecule has 0 fully saturated rings. The Balaban J connectivity index is 3.03. The maximum atomic E-state index is 12.1. The summed E-state index contributed by atoms with van der Waals surface area (Å²) in [4.78, 5) is 0. The van der Waals surface area contributed by atoms with Crippen LogP contribution in [-0.2, 0) is 0 Å². The van der Waals surface area contributed by atoms with E-state index in [0.717, 1.165) is 32.1 Å². The van der Waals surface area contributed by atoms with Gasteiger partial charge in [-0.2, -0.15) is 13.2 Å². The Bertz CT molecular complexity index is 381. The average molecular weight is 509 g/mol. The topological polar surface area (TPSA) is 0 Å². The van der Waals surface area contributed by atoms with Gasteiger partial charge in [-0.25, -0.2) is 0 Å². The van der Waals surface area contributed by atoms with Crippen molar-refractivity contribution in [3.05, 3.63) is 0 Å². The van der Waals surface area contributed by atoms with Crippen molar-refractivity contribution in [3.8, 4) is 0 Å². The highest BCUT2D eigenvalue weighted by atomic mass is 19.4. The van der Waals surface area contributed by atoms with Gasteiger partial charge in [0.15, 0.2) is 0 Å². The van der Waals surface area contributed by atoms with E-state index in [0.29, 0.717) is 6.42 Å². The SMILES string of the molecule is FCCCCCCCCCCCCCCCCCCCCCCCCCCCCCCC(F)(F)F. The number of hydrogen-bond acceptors (Lipinski definition) is 0. The van der Waals surface area contributed by atoms with Gasteiger partial charge >= 0.3 is 6.18 Å². The third-order valence-electron chi connectivity index (χ3n) is 7.34. The highest BCUT2D eigenvalue weighted by Crippen LogP contribution is 2.23. The van der Waals surface area contributed by atoms with Crippen LogP contribution in [0.3, 0.4) is 0 Å². The molecule has 0 aromatic heterocycles. The zero-order chi connectivity index (χ0) is 25.7. The Morgan fingerprint density at radius 3 is 0.600 bits per heavy atom. The Hall–Kier alpha value is -0.280. The number of alkyl halides is 4. The fourth-order valence-electron chi connectivity index (χ4n) is 5.02. The van der Waals surface area contributed by atoms with Crippen molar-refractivity contribution < 1.29 is 17.6 Å². The molecule has 35 heavy (non-hydrogen) atoms. The molecule has 0 radical (unpaired) electrons. The molecule has 4 heteroatoms. The molecular formula is C31H60F4. The minimum absolute atomic E-state index is 0.144. The predicted molar refractivity (Wildman–Crippen MR) is 146 cm³/mol. The van der Waals surface area contributed by atoms with Crippen molar-refractivity contribution in [2.24, 2.45) is 0 Å². The minimum Gasteiger partial charge on any atom is -0.251 e. The van der Waals surface area contributed by atoms with E-state index in [2.05, 4.69) is 0 Å². The second-order valence-electron chi connectivity index (χ2n) is 11.0. The lowest BCUT2D eigenvalue weighted by Gasteiger charge is -2.06. The molecule has 0 amide bonds. The fourth-order valence-corrected chi connectivity index (χ4v) is 5.02. The van der Waals surface area contributed by atoms with E-state index in [1.54, 1.807) is 0 Å². The molecule has 0 atom stereocenters. The summed E-state index contributed by atoms with van der Waals surface area (Å²) in [6.45, 7) is -0.144. The highest BCUT2D eigenvalue weighted by molar-refractivity contribution is 4.54. The molecule has 0 aromatic carbocycles. The van der Waals surface area contributed by atoms with Crippen molar-refractivity contribution in [2.75, 3.05) is 6.67 Å². The Kier molecular flexibility index (Phi) is 28.1. The molecule has 0 heterocycles. The standard InChI is InChI=1S/C31H60F4/c32-30-28-26-24-22-20-18-16-14-12-10-8-6-4-2-1-3-5-7-9-11-13-15-17-19-21-23-25-27-29-31(33,34)35/h1-30H2. The number of hydrogen-bond donors (Lipinski definition) is 0. The maximum absolute atomic E-state index is 12.1. The van der Waals surface area contributed by atoms with Crippen LogP contribution in [0.2, 0.25) is 0 Å². The second kappa shape index (κ2) is 28.3. The molecular weight excluding hydrogens is 448 g/mol. The lowest BCUT2D eigenvalue weighted by Crippen LogP contribution is -2.06. The zero-order valence-electron chi connectivity index (χ0n) is 23.2. The molecule has 0 spiro atoms. The monoisotopic (exact) mass is 508 g/mol. The molecule has 212 valence electrons. The van der Waals surface area contributed by atoms with E-state index < -0.39 is 12.6 Å². The van der Waals surface area contributed by atoms with Crippen molar-refractivity contribution >= 4 is 0 Å². The molecule has 0 aromatic rings. The van der Waals surface area contributed by atoms with Crippen molar-refractivity contribution in [2.45, 2.75) is 192 Å². The number of unbranched alkanes of at least 4 members (excludes halogenated alkanes) is 27. The van der Waals surface area contributed by atoms with E-state index in [4.69, 9.17) is 0 Å². The van der Waals surface area contributed by atoms with Gasteiger partial charge in [-0.05, 0) is 12.8 Å². The lowest BCUT2D eigenvalue weighted by atomic mass is 10.0. The first-order valence-electron chi connectivity index (χ1n) is 15.7. The minimum atomic E-state index is -3.97. The smallest absolute Gasteiger partial charge is 0.251 e. The number of halogens is 4. The van der Waals surface area contributed by atoms with Crippen LogP contribution in [0.15, 0.2) is 0 Å². The first kappa shape index (κ1) is 34.7. The third-order valence-corrected chi connectivity index (χ3v) is 7.34. The molecule has 0 saturated carbocycles. The van der Waals surface area contributed by atoms with Gasteiger partial charge in [-0.15, -0.1) is 0 Å².